The highest BCUT2D eigenvalue weighted by molar-refractivity contribution is 5.87. The molecule has 1 aromatic carbocycles. The predicted molar refractivity (Wildman–Crippen MR) is 72.6 cm³/mol. The fourth-order valence-electron chi connectivity index (χ4n) is 1.60. The molecule has 0 fully saturated rings. The zero-order valence-electron chi connectivity index (χ0n) is 11.1. The summed E-state index contributed by atoms with van der Waals surface area (Å²) in [6.07, 6.45) is 2.93. The number of aromatic nitrogens is 2. The highest BCUT2D eigenvalue weighted by Gasteiger charge is 2.08. The first-order chi connectivity index (χ1) is 9.10. The van der Waals surface area contributed by atoms with Crippen LogP contribution in [-0.4, -0.2) is 23.0 Å². The number of anilines is 2. The molecule has 1 heterocycles. The maximum Gasteiger partial charge on any atom is 0.358 e. The van der Waals surface area contributed by atoms with Gasteiger partial charge in [-0.3, -0.25) is 4.98 Å². The first-order valence-corrected chi connectivity index (χ1v) is 5.85. The summed E-state index contributed by atoms with van der Waals surface area (Å²) in [5, 5.41) is 3.11. The SMILES string of the molecule is COC(=O)c1cncc(Nc2ccc(C)c(C)c2)n1. The Kier molecular flexibility index (Phi) is 3.75. The number of carbonyl (C=O) groups is 1. The van der Waals surface area contributed by atoms with Crippen LogP contribution in [0.1, 0.15) is 21.6 Å². The second-order valence-electron chi connectivity index (χ2n) is 4.21. The van der Waals surface area contributed by atoms with Crippen LogP contribution in [0.2, 0.25) is 0 Å². The van der Waals surface area contributed by atoms with Gasteiger partial charge in [0.1, 0.15) is 5.82 Å². The van der Waals surface area contributed by atoms with Gasteiger partial charge < -0.3 is 10.1 Å². The van der Waals surface area contributed by atoms with Crippen LogP contribution in [-0.2, 0) is 4.74 Å². The zero-order valence-corrected chi connectivity index (χ0v) is 11.1. The van der Waals surface area contributed by atoms with Gasteiger partial charge in [-0.1, -0.05) is 6.07 Å². The van der Waals surface area contributed by atoms with Gasteiger partial charge in [-0.25, -0.2) is 9.78 Å². The van der Waals surface area contributed by atoms with Gasteiger partial charge in [0, 0.05) is 5.69 Å². The molecule has 0 aliphatic heterocycles. The Morgan fingerprint density at radius 1 is 1.21 bits per heavy atom. The van der Waals surface area contributed by atoms with Gasteiger partial charge in [-0.2, -0.15) is 0 Å². The van der Waals surface area contributed by atoms with E-state index in [9.17, 15) is 4.79 Å². The topological polar surface area (TPSA) is 64.1 Å². The van der Waals surface area contributed by atoms with Crippen molar-refractivity contribution in [1.29, 1.82) is 0 Å². The molecule has 0 unspecified atom stereocenters. The fraction of sp³-hybridized carbons (Fsp3) is 0.214. The van der Waals surface area contributed by atoms with Gasteiger partial charge in [-0.15, -0.1) is 0 Å². The largest absolute Gasteiger partial charge is 0.464 e. The summed E-state index contributed by atoms with van der Waals surface area (Å²) in [5.74, 6) is 0.00221. The Hall–Kier alpha value is -2.43. The lowest BCUT2D eigenvalue weighted by Gasteiger charge is -2.08. The van der Waals surface area contributed by atoms with E-state index < -0.39 is 5.97 Å². The van der Waals surface area contributed by atoms with Crippen molar-refractivity contribution >= 4 is 17.5 Å². The first kappa shape index (κ1) is 13.0. The van der Waals surface area contributed by atoms with Crippen LogP contribution in [0.4, 0.5) is 11.5 Å². The Bertz CT molecular complexity index is 611. The maximum atomic E-state index is 11.4. The van der Waals surface area contributed by atoms with E-state index in [0.29, 0.717) is 5.82 Å². The summed E-state index contributed by atoms with van der Waals surface area (Å²) >= 11 is 0. The van der Waals surface area contributed by atoms with Crippen molar-refractivity contribution in [3.8, 4) is 0 Å². The number of ether oxygens (including phenoxy) is 1. The third kappa shape index (κ3) is 3.07. The molecule has 2 aromatic rings. The number of nitrogens with zero attached hydrogens (tertiary/aromatic N) is 2. The van der Waals surface area contributed by atoms with E-state index in [0.717, 1.165) is 5.69 Å². The van der Waals surface area contributed by atoms with Crippen molar-refractivity contribution < 1.29 is 9.53 Å². The Morgan fingerprint density at radius 3 is 2.68 bits per heavy atom. The number of rotatable bonds is 3. The first-order valence-electron chi connectivity index (χ1n) is 5.85. The molecule has 2 rings (SSSR count). The van der Waals surface area contributed by atoms with Crippen LogP contribution < -0.4 is 5.32 Å². The lowest BCUT2D eigenvalue weighted by Crippen LogP contribution is -2.06. The van der Waals surface area contributed by atoms with Crippen molar-refractivity contribution in [3.63, 3.8) is 0 Å². The summed E-state index contributed by atoms with van der Waals surface area (Å²) in [6, 6.07) is 5.99. The Labute approximate surface area is 111 Å². The molecule has 0 aliphatic carbocycles. The fourth-order valence-corrected chi connectivity index (χ4v) is 1.60. The number of benzene rings is 1. The van der Waals surface area contributed by atoms with E-state index in [4.69, 9.17) is 0 Å². The number of nitrogens with one attached hydrogen (secondary N) is 1. The molecule has 5 nitrogen and oxygen atoms in total. The van der Waals surface area contributed by atoms with Crippen LogP contribution in [0.3, 0.4) is 0 Å². The molecule has 0 aliphatic rings. The average Bonchev–Trinajstić information content (AvgIpc) is 2.42. The standard InChI is InChI=1S/C14H15N3O2/c1-9-4-5-11(6-10(9)2)16-13-8-15-7-12(17-13)14(18)19-3/h4-8H,1-3H3,(H,16,17). The lowest BCUT2D eigenvalue weighted by atomic mass is 10.1. The average molecular weight is 257 g/mol. The molecule has 1 aromatic heterocycles. The number of carbonyl (C=O) groups excluding carboxylic acids is 1. The molecular formula is C14H15N3O2. The zero-order chi connectivity index (χ0) is 13.8. The molecule has 19 heavy (non-hydrogen) atoms. The van der Waals surface area contributed by atoms with E-state index in [1.165, 1.54) is 24.4 Å². The summed E-state index contributed by atoms with van der Waals surface area (Å²) in [5.41, 5.74) is 3.48. The quantitative estimate of drug-likeness (QED) is 0.856. The maximum absolute atomic E-state index is 11.4. The van der Waals surface area contributed by atoms with Gasteiger partial charge in [0.05, 0.1) is 19.5 Å². The van der Waals surface area contributed by atoms with E-state index >= 15 is 0 Å². The van der Waals surface area contributed by atoms with Crippen LogP contribution >= 0.6 is 0 Å². The number of hydrogen-bond donors (Lipinski definition) is 1. The van der Waals surface area contributed by atoms with Crippen LogP contribution in [0, 0.1) is 13.8 Å². The van der Waals surface area contributed by atoms with E-state index in [1.807, 2.05) is 25.1 Å². The van der Waals surface area contributed by atoms with Crippen molar-refractivity contribution in [2.24, 2.45) is 0 Å². The number of esters is 1. The van der Waals surface area contributed by atoms with E-state index in [-0.39, 0.29) is 5.69 Å². The van der Waals surface area contributed by atoms with Crippen molar-refractivity contribution in [2.75, 3.05) is 12.4 Å². The van der Waals surface area contributed by atoms with Gasteiger partial charge in [0.2, 0.25) is 0 Å². The molecular weight excluding hydrogens is 242 g/mol. The molecule has 5 heteroatoms. The second kappa shape index (κ2) is 5.48. The molecule has 1 N–H and O–H groups in total. The van der Waals surface area contributed by atoms with E-state index in [2.05, 4.69) is 26.9 Å². The molecule has 0 saturated heterocycles. The normalized spacial score (nSPS) is 10.1. The molecule has 0 bridgehead atoms. The smallest absolute Gasteiger partial charge is 0.358 e. The molecule has 0 spiro atoms. The third-order valence-electron chi connectivity index (χ3n) is 2.81. The highest BCUT2D eigenvalue weighted by atomic mass is 16.5. The molecule has 0 atom stereocenters. The predicted octanol–water partition coefficient (Wildman–Crippen LogP) is 2.62. The number of aryl methyl sites for hydroxylation is 2. The third-order valence-corrected chi connectivity index (χ3v) is 2.81. The summed E-state index contributed by atoms with van der Waals surface area (Å²) < 4.78 is 4.61. The summed E-state index contributed by atoms with van der Waals surface area (Å²) in [7, 11) is 1.31. The second-order valence-corrected chi connectivity index (χ2v) is 4.21. The Balaban J connectivity index is 2.23. The summed E-state index contributed by atoms with van der Waals surface area (Å²) in [6.45, 7) is 4.09. The van der Waals surface area contributed by atoms with Gasteiger partial charge in [-0.05, 0) is 37.1 Å². The van der Waals surface area contributed by atoms with Crippen molar-refractivity contribution in [3.05, 3.63) is 47.4 Å². The Morgan fingerprint density at radius 2 is 2.00 bits per heavy atom. The van der Waals surface area contributed by atoms with E-state index in [1.54, 1.807) is 6.20 Å². The highest BCUT2D eigenvalue weighted by Crippen LogP contribution is 2.18. The molecule has 0 saturated carbocycles. The molecule has 0 radical (unpaired) electrons. The minimum Gasteiger partial charge on any atom is -0.464 e. The lowest BCUT2D eigenvalue weighted by molar-refractivity contribution is 0.0593. The molecule has 98 valence electrons. The van der Waals surface area contributed by atoms with Crippen molar-refractivity contribution in [2.45, 2.75) is 13.8 Å². The van der Waals surface area contributed by atoms with Gasteiger partial charge in [0.15, 0.2) is 5.69 Å². The minimum atomic E-state index is -0.503. The van der Waals surface area contributed by atoms with Crippen LogP contribution in [0.25, 0.3) is 0 Å². The van der Waals surface area contributed by atoms with Crippen molar-refractivity contribution in [1.82, 2.24) is 9.97 Å². The monoisotopic (exact) mass is 257 g/mol. The molecule has 0 amide bonds. The summed E-state index contributed by atoms with van der Waals surface area (Å²) in [4.78, 5) is 19.5. The minimum absolute atomic E-state index is 0.177. The van der Waals surface area contributed by atoms with Crippen LogP contribution in [0.15, 0.2) is 30.6 Å². The number of hydrogen-bond acceptors (Lipinski definition) is 5. The van der Waals surface area contributed by atoms with Gasteiger partial charge >= 0.3 is 5.97 Å². The van der Waals surface area contributed by atoms with Crippen LogP contribution in [0.5, 0.6) is 0 Å². The number of methoxy groups -OCH3 is 1. The van der Waals surface area contributed by atoms with Gasteiger partial charge in [0.25, 0.3) is 0 Å².